The Morgan fingerprint density at radius 1 is 1.26 bits per heavy atom. The molecule has 2 aromatic rings. The molecule has 0 bridgehead atoms. The Labute approximate surface area is 140 Å². The number of rotatable bonds is 2. The molecule has 122 valence electrons. The molecule has 23 heavy (non-hydrogen) atoms. The first-order valence-electron chi connectivity index (χ1n) is 7.74. The highest BCUT2D eigenvalue weighted by molar-refractivity contribution is 7.92. The lowest BCUT2D eigenvalue weighted by Gasteiger charge is -2.24. The van der Waals surface area contributed by atoms with Gasteiger partial charge in [0.25, 0.3) is 10.0 Å². The maximum Gasteiger partial charge on any atom is 0.283 e. The molecule has 2 aliphatic rings. The van der Waals surface area contributed by atoms with Crippen molar-refractivity contribution in [1.29, 1.82) is 0 Å². The molecule has 2 heterocycles. The van der Waals surface area contributed by atoms with Gasteiger partial charge in [-0.1, -0.05) is 36.6 Å². The van der Waals surface area contributed by atoms with Crippen LogP contribution in [0.1, 0.15) is 31.2 Å². The lowest BCUT2D eigenvalue weighted by Crippen LogP contribution is -2.35. The predicted octanol–water partition coefficient (Wildman–Crippen LogP) is 3.09. The maximum atomic E-state index is 13.1. The van der Waals surface area contributed by atoms with Crippen LogP contribution in [-0.2, 0) is 22.5 Å². The first-order valence-corrected chi connectivity index (χ1v) is 9.56. The second-order valence-corrected chi connectivity index (χ2v) is 8.73. The van der Waals surface area contributed by atoms with Crippen molar-refractivity contribution < 1.29 is 8.42 Å². The normalized spacial score (nSPS) is 19.5. The second-order valence-electron chi connectivity index (χ2n) is 6.51. The Hall–Kier alpha value is -1.53. The number of halogens is 1. The van der Waals surface area contributed by atoms with E-state index in [4.69, 9.17) is 11.6 Å². The third kappa shape index (κ3) is 2.11. The van der Waals surface area contributed by atoms with Crippen LogP contribution in [0.3, 0.4) is 0 Å². The number of hydrogen-bond acceptors (Lipinski definition) is 3. The topological polar surface area (TPSA) is 55.2 Å². The molecule has 1 aliphatic heterocycles. The minimum Gasteiger partial charge on any atom is -0.339 e. The van der Waals surface area contributed by atoms with Crippen LogP contribution >= 0.6 is 11.6 Å². The number of imidazole rings is 1. The zero-order valence-corrected chi connectivity index (χ0v) is 14.4. The van der Waals surface area contributed by atoms with Gasteiger partial charge in [0.1, 0.15) is 0 Å². The predicted molar refractivity (Wildman–Crippen MR) is 89.3 cm³/mol. The number of aromatic nitrogens is 2. The van der Waals surface area contributed by atoms with E-state index in [1.54, 1.807) is 17.7 Å². The largest absolute Gasteiger partial charge is 0.339 e. The second kappa shape index (κ2) is 4.98. The van der Waals surface area contributed by atoms with Crippen molar-refractivity contribution in [3.63, 3.8) is 0 Å². The molecule has 7 heteroatoms. The molecule has 0 unspecified atom stereocenters. The van der Waals surface area contributed by atoms with E-state index in [0.717, 1.165) is 31.2 Å². The maximum absolute atomic E-state index is 13.1. The van der Waals surface area contributed by atoms with Crippen molar-refractivity contribution in [2.45, 2.75) is 36.1 Å². The van der Waals surface area contributed by atoms with E-state index in [0.29, 0.717) is 17.3 Å². The van der Waals surface area contributed by atoms with E-state index in [-0.39, 0.29) is 10.4 Å². The van der Waals surface area contributed by atoms with Crippen LogP contribution in [-0.4, -0.2) is 24.5 Å². The average molecular weight is 352 g/mol. The summed E-state index contributed by atoms with van der Waals surface area (Å²) in [5.41, 5.74) is 1.62. The highest BCUT2D eigenvalue weighted by Gasteiger charge is 2.49. The summed E-state index contributed by atoms with van der Waals surface area (Å²) in [6.45, 7) is 0.463. The number of benzene rings is 1. The molecule has 0 atom stereocenters. The number of anilines is 1. The third-order valence-electron chi connectivity index (χ3n) is 5.05. The Balaban J connectivity index is 1.89. The van der Waals surface area contributed by atoms with Crippen molar-refractivity contribution in [2.75, 3.05) is 10.8 Å². The molecular weight excluding hydrogens is 334 g/mol. The van der Waals surface area contributed by atoms with Crippen molar-refractivity contribution in [1.82, 2.24) is 9.55 Å². The van der Waals surface area contributed by atoms with Gasteiger partial charge in [0.2, 0.25) is 0 Å². The lowest BCUT2D eigenvalue weighted by molar-refractivity contribution is 0.476. The first-order chi connectivity index (χ1) is 10.9. The average Bonchev–Trinajstić information content (AvgIpc) is 3.21. The van der Waals surface area contributed by atoms with Crippen LogP contribution in [0.2, 0.25) is 5.02 Å². The molecule has 4 rings (SSSR count). The molecule has 0 saturated heterocycles. The fourth-order valence-electron chi connectivity index (χ4n) is 3.96. The van der Waals surface area contributed by atoms with Gasteiger partial charge in [-0.05, 0) is 24.5 Å². The quantitative estimate of drug-likeness (QED) is 0.835. The number of para-hydroxylation sites is 1. The first kappa shape index (κ1) is 15.0. The van der Waals surface area contributed by atoms with Crippen LogP contribution in [0.25, 0.3) is 0 Å². The van der Waals surface area contributed by atoms with Crippen LogP contribution in [0.15, 0.2) is 35.7 Å². The van der Waals surface area contributed by atoms with Gasteiger partial charge >= 0.3 is 0 Å². The molecule has 5 nitrogen and oxygen atoms in total. The van der Waals surface area contributed by atoms with E-state index in [1.165, 1.54) is 16.8 Å². The Kier molecular flexibility index (Phi) is 3.25. The molecule has 1 aromatic heterocycles. The summed E-state index contributed by atoms with van der Waals surface area (Å²) in [4.78, 5) is 4.04. The summed E-state index contributed by atoms with van der Waals surface area (Å²) < 4.78 is 29.3. The Bertz CT molecular complexity index is 869. The van der Waals surface area contributed by atoms with Crippen LogP contribution < -0.4 is 4.31 Å². The van der Waals surface area contributed by atoms with E-state index < -0.39 is 10.0 Å². The molecule has 1 aliphatic carbocycles. The fraction of sp³-hybridized carbons (Fsp3) is 0.438. The summed E-state index contributed by atoms with van der Waals surface area (Å²) in [5.74, 6) is 0. The smallest absolute Gasteiger partial charge is 0.283 e. The van der Waals surface area contributed by atoms with Crippen LogP contribution in [0.5, 0.6) is 0 Å². The van der Waals surface area contributed by atoms with Gasteiger partial charge in [0.15, 0.2) is 5.03 Å². The minimum absolute atomic E-state index is 0.0703. The van der Waals surface area contributed by atoms with Gasteiger partial charge < -0.3 is 4.57 Å². The van der Waals surface area contributed by atoms with Gasteiger partial charge in [-0.3, -0.25) is 4.31 Å². The van der Waals surface area contributed by atoms with E-state index in [9.17, 15) is 8.42 Å². The van der Waals surface area contributed by atoms with E-state index in [1.807, 2.05) is 12.1 Å². The van der Waals surface area contributed by atoms with Gasteiger partial charge in [-0.15, -0.1) is 0 Å². The van der Waals surface area contributed by atoms with E-state index in [2.05, 4.69) is 4.98 Å². The number of nitrogens with zero attached hydrogens (tertiary/aromatic N) is 3. The number of hydrogen-bond donors (Lipinski definition) is 0. The summed E-state index contributed by atoms with van der Waals surface area (Å²) in [6, 6.07) is 5.70. The molecule has 0 N–H and O–H groups in total. The van der Waals surface area contributed by atoms with Gasteiger partial charge in [0, 0.05) is 25.2 Å². The molecule has 1 spiro atoms. The zero-order chi connectivity index (χ0) is 16.2. The molecule has 0 amide bonds. The molecule has 1 saturated carbocycles. The fourth-order valence-corrected chi connectivity index (χ4v) is 5.84. The zero-order valence-electron chi connectivity index (χ0n) is 12.9. The van der Waals surface area contributed by atoms with Crippen molar-refractivity contribution in [3.05, 3.63) is 41.3 Å². The van der Waals surface area contributed by atoms with Gasteiger partial charge in [-0.25, -0.2) is 4.98 Å². The van der Waals surface area contributed by atoms with Crippen molar-refractivity contribution in [3.8, 4) is 0 Å². The molecule has 1 fully saturated rings. The molecule has 1 aromatic carbocycles. The van der Waals surface area contributed by atoms with Crippen molar-refractivity contribution >= 4 is 27.3 Å². The number of fused-ring (bicyclic) bond motifs is 2. The number of sulfonamides is 1. The standard InChI is InChI=1S/C16H18ClN3O2S/c1-19-9-14(18-11-19)23(21,22)20-10-16(7-2-3-8-16)12-5-4-6-13(17)15(12)20/h4-6,9,11H,2-3,7-8,10H2,1H3. The summed E-state index contributed by atoms with van der Waals surface area (Å²) in [6.07, 6.45) is 7.31. The van der Waals surface area contributed by atoms with Crippen LogP contribution in [0, 0.1) is 0 Å². The summed E-state index contributed by atoms with van der Waals surface area (Å²) >= 11 is 6.39. The minimum atomic E-state index is -3.70. The third-order valence-corrected chi connectivity index (χ3v) is 6.99. The molecular formula is C16H18ClN3O2S. The van der Waals surface area contributed by atoms with E-state index >= 15 is 0 Å². The summed E-state index contributed by atoms with van der Waals surface area (Å²) in [7, 11) is -1.94. The monoisotopic (exact) mass is 351 g/mol. The highest BCUT2D eigenvalue weighted by Crippen LogP contribution is 2.53. The number of aryl methyl sites for hydroxylation is 1. The summed E-state index contributed by atoms with van der Waals surface area (Å²) in [5, 5.41) is 0.562. The lowest BCUT2D eigenvalue weighted by atomic mass is 9.81. The van der Waals surface area contributed by atoms with Gasteiger partial charge in [0.05, 0.1) is 17.0 Å². The SMILES string of the molecule is Cn1cnc(S(=O)(=O)N2CC3(CCCC3)c3cccc(Cl)c32)c1. The van der Waals surface area contributed by atoms with Crippen molar-refractivity contribution in [2.24, 2.45) is 7.05 Å². The Morgan fingerprint density at radius 2 is 2.00 bits per heavy atom. The highest BCUT2D eigenvalue weighted by atomic mass is 35.5. The molecule has 0 radical (unpaired) electrons. The Morgan fingerprint density at radius 3 is 2.65 bits per heavy atom. The van der Waals surface area contributed by atoms with Gasteiger partial charge in [-0.2, -0.15) is 8.42 Å². The van der Waals surface area contributed by atoms with Crippen LogP contribution in [0.4, 0.5) is 5.69 Å².